The highest BCUT2D eigenvalue weighted by molar-refractivity contribution is 5.85. The number of alkyl halides is 3. The number of amides is 1. The summed E-state index contributed by atoms with van der Waals surface area (Å²) in [6, 6.07) is 3.48. The molecule has 1 amide bonds. The fourth-order valence-corrected chi connectivity index (χ4v) is 1.55. The number of carboxylic acids is 1. The third-order valence-corrected chi connectivity index (χ3v) is 2.51. The lowest BCUT2D eigenvalue weighted by atomic mass is 10.1. The molecule has 0 heterocycles. The highest BCUT2D eigenvalue weighted by Crippen LogP contribution is 2.31. The molecule has 0 aliphatic carbocycles. The molecule has 1 atom stereocenters. The van der Waals surface area contributed by atoms with Gasteiger partial charge < -0.3 is 16.2 Å². The Bertz CT molecular complexity index is 503. The van der Waals surface area contributed by atoms with Gasteiger partial charge in [0, 0.05) is 6.54 Å². The fraction of sp³-hybridized carbons (Fsp3) is 0.333. The van der Waals surface area contributed by atoms with Gasteiger partial charge in [-0.25, -0.2) is 0 Å². The van der Waals surface area contributed by atoms with Crippen molar-refractivity contribution in [3.8, 4) is 0 Å². The summed E-state index contributed by atoms with van der Waals surface area (Å²) in [6.45, 7) is -0.373. The zero-order valence-electron chi connectivity index (χ0n) is 10.3. The second kappa shape index (κ2) is 6.38. The molecule has 0 aromatic heterocycles. The average molecular weight is 290 g/mol. The van der Waals surface area contributed by atoms with E-state index >= 15 is 0 Å². The minimum Gasteiger partial charge on any atom is -0.481 e. The molecule has 5 nitrogen and oxygen atoms in total. The molecular weight excluding hydrogens is 277 g/mol. The van der Waals surface area contributed by atoms with Crippen molar-refractivity contribution < 1.29 is 27.9 Å². The summed E-state index contributed by atoms with van der Waals surface area (Å²) in [5.41, 5.74) is 4.32. The van der Waals surface area contributed by atoms with Gasteiger partial charge in [0.05, 0.1) is 18.0 Å². The standard InChI is InChI=1S/C12H13F3N2O3/c13-12(14,15)8-4-2-1-3-7(8)6-17-11(20)9(16)5-10(18)19/h1-4,9H,5-6,16H2,(H,17,20)(H,18,19). The van der Waals surface area contributed by atoms with E-state index in [1.165, 1.54) is 18.2 Å². The van der Waals surface area contributed by atoms with E-state index in [9.17, 15) is 22.8 Å². The Morgan fingerprint density at radius 3 is 2.45 bits per heavy atom. The summed E-state index contributed by atoms with van der Waals surface area (Å²) < 4.78 is 38.1. The van der Waals surface area contributed by atoms with Gasteiger partial charge in [-0.05, 0) is 11.6 Å². The molecule has 110 valence electrons. The minimum atomic E-state index is -4.52. The predicted molar refractivity (Wildman–Crippen MR) is 63.5 cm³/mol. The molecule has 8 heteroatoms. The van der Waals surface area contributed by atoms with Crippen molar-refractivity contribution in [2.45, 2.75) is 25.2 Å². The summed E-state index contributed by atoms with van der Waals surface area (Å²) in [5, 5.41) is 10.6. The highest BCUT2D eigenvalue weighted by atomic mass is 19.4. The maximum absolute atomic E-state index is 12.7. The van der Waals surface area contributed by atoms with E-state index in [0.29, 0.717) is 0 Å². The van der Waals surface area contributed by atoms with E-state index in [1.54, 1.807) is 0 Å². The molecule has 0 spiro atoms. The molecule has 1 aromatic carbocycles. The number of carbonyl (C=O) groups excluding carboxylic acids is 1. The Hall–Kier alpha value is -2.09. The van der Waals surface area contributed by atoms with Crippen molar-refractivity contribution in [2.24, 2.45) is 5.73 Å². The number of aliphatic carboxylic acids is 1. The van der Waals surface area contributed by atoms with Crippen LogP contribution in [-0.4, -0.2) is 23.0 Å². The number of carboxylic acid groups (broad SMARTS) is 1. The van der Waals surface area contributed by atoms with Crippen molar-refractivity contribution in [3.05, 3.63) is 35.4 Å². The topological polar surface area (TPSA) is 92.4 Å². The van der Waals surface area contributed by atoms with Gasteiger partial charge in [0.15, 0.2) is 0 Å². The van der Waals surface area contributed by atoms with Gasteiger partial charge in [0.2, 0.25) is 5.91 Å². The van der Waals surface area contributed by atoms with Gasteiger partial charge in [0.25, 0.3) is 0 Å². The number of nitrogens with two attached hydrogens (primary N) is 1. The average Bonchev–Trinajstić information content (AvgIpc) is 2.34. The summed E-state index contributed by atoms with van der Waals surface area (Å²) >= 11 is 0. The largest absolute Gasteiger partial charge is 0.481 e. The number of rotatable bonds is 5. The van der Waals surface area contributed by atoms with E-state index in [4.69, 9.17) is 10.8 Å². The van der Waals surface area contributed by atoms with Crippen LogP contribution < -0.4 is 11.1 Å². The lowest BCUT2D eigenvalue weighted by molar-refractivity contribution is -0.139. The van der Waals surface area contributed by atoms with Crippen LogP contribution in [0.1, 0.15) is 17.5 Å². The molecule has 1 rings (SSSR count). The second-order valence-corrected chi connectivity index (χ2v) is 4.08. The minimum absolute atomic E-state index is 0.115. The highest BCUT2D eigenvalue weighted by Gasteiger charge is 2.32. The SMILES string of the molecule is NC(CC(=O)O)C(=O)NCc1ccccc1C(F)(F)F. The van der Waals surface area contributed by atoms with Crippen LogP contribution in [0, 0.1) is 0 Å². The van der Waals surface area contributed by atoms with E-state index in [0.717, 1.165) is 6.07 Å². The summed E-state index contributed by atoms with van der Waals surface area (Å²) in [5.74, 6) is -2.08. The zero-order valence-corrected chi connectivity index (χ0v) is 10.3. The molecule has 0 bridgehead atoms. The summed E-state index contributed by atoms with van der Waals surface area (Å²) in [6.07, 6.45) is -5.11. The normalized spacial score (nSPS) is 12.8. The fourth-order valence-electron chi connectivity index (χ4n) is 1.55. The quantitative estimate of drug-likeness (QED) is 0.757. The molecule has 20 heavy (non-hydrogen) atoms. The maximum atomic E-state index is 12.7. The van der Waals surface area contributed by atoms with Gasteiger partial charge in [-0.3, -0.25) is 9.59 Å². The second-order valence-electron chi connectivity index (χ2n) is 4.08. The Morgan fingerprint density at radius 1 is 1.30 bits per heavy atom. The first-order valence-electron chi connectivity index (χ1n) is 5.62. The molecule has 0 aliphatic heterocycles. The van der Waals surface area contributed by atoms with Crippen LogP contribution in [0.2, 0.25) is 0 Å². The lowest BCUT2D eigenvalue weighted by Crippen LogP contribution is -2.41. The molecule has 1 unspecified atom stereocenters. The van der Waals surface area contributed by atoms with Crippen LogP contribution in [0.5, 0.6) is 0 Å². The van der Waals surface area contributed by atoms with Crippen LogP contribution >= 0.6 is 0 Å². The zero-order chi connectivity index (χ0) is 15.3. The van der Waals surface area contributed by atoms with Crippen LogP contribution in [0.4, 0.5) is 13.2 Å². The van der Waals surface area contributed by atoms with Crippen LogP contribution in [0.15, 0.2) is 24.3 Å². The first kappa shape index (κ1) is 16.0. The molecule has 0 aliphatic rings. The molecule has 4 N–H and O–H groups in total. The predicted octanol–water partition coefficient (Wildman–Crippen LogP) is 1.12. The van der Waals surface area contributed by atoms with Gasteiger partial charge >= 0.3 is 12.1 Å². The lowest BCUT2D eigenvalue weighted by Gasteiger charge is -2.14. The van der Waals surface area contributed by atoms with Crippen LogP contribution in [0.3, 0.4) is 0 Å². The van der Waals surface area contributed by atoms with E-state index in [-0.39, 0.29) is 12.1 Å². The molecular formula is C12H13F3N2O3. The monoisotopic (exact) mass is 290 g/mol. The maximum Gasteiger partial charge on any atom is 0.416 e. The van der Waals surface area contributed by atoms with Crippen molar-refractivity contribution in [1.29, 1.82) is 0 Å². The van der Waals surface area contributed by atoms with Gasteiger partial charge in [-0.1, -0.05) is 18.2 Å². The number of halogens is 3. The van der Waals surface area contributed by atoms with E-state index in [2.05, 4.69) is 5.32 Å². The summed E-state index contributed by atoms with van der Waals surface area (Å²) in [7, 11) is 0. The third kappa shape index (κ3) is 4.54. The van der Waals surface area contributed by atoms with Crippen molar-refractivity contribution >= 4 is 11.9 Å². The van der Waals surface area contributed by atoms with Crippen LogP contribution in [-0.2, 0) is 22.3 Å². The van der Waals surface area contributed by atoms with Crippen molar-refractivity contribution in [3.63, 3.8) is 0 Å². The van der Waals surface area contributed by atoms with E-state index < -0.39 is 36.1 Å². The third-order valence-electron chi connectivity index (χ3n) is 2.51. The van der Waals surface area contributed by atoms with Gasteiger partial charge in [-0.2, -0.15) is 13.2 Å². The molecule has 0 saturated heterocycles. The molecule has 0 saturated carbocycles. The first-order valence-corrected chi connectivity index (χ1v) is 5.62. The Morgan fingerprint density at radius 2 is 1.90 bits per heavy atom. The number of hydrogen-bond acceptors (Lipinski definition) is 3. The Labute approximate surface area is 112 Å². The first-order chi connectivity index (χ1) is 9.21. The molecule has 1 aromatic rings. The molecule has 0 radical (unpaired) electrons. The Balaban J connectivity index is 2.71. The van der Waals surface area contributed by atoms with Gasteiger partial charge in [-0.15, -0.1) is 0 Å². The van der Waals surface area contributed by atoms with Crippen molar-refractivity contribution in [1.82, 2.24) is 5.32 Å². The molecule has 0 fully saturated rings. The van der Waals surface area contributed by atoms with Gasteiger partial charge in [0.1, 0.15) is 0 Å². The number of nitrogens with one attached hydrogen (secondary N) is 1. The smallest absolute Gasteiger partial charge is 0.416 e. The number of benzene rings is 1. The van der Waals surface area contributed by atoms with Crippen molar-refractivity contribution in [2.75, 3.05) is 0 Å². The number of hydrogen-bond donors (Lipinski definition) is 3. The van der Waals surface area contributed by atoms with Crippen LogP contribution in [0.25, 0.3) is 0 Å². The van der Waals surface area contributed by atoms with E-state index in [1.807, 2.05) is 0 Å². The Kier molecular flexibility index (Phi) is 5.09. The number of carbonyl (C=O) groups is 2. The summed E-state index contributed by atoms with van der Waals surface area (Å²) in [4.78, 5) is 21.8.